The molecule has 3 N–H and O–H groups in total. The van der Waals surface area contributed by atoms with Crippen LogP contribution in [0, 0.1) is 6.92 Å². The number of hydrogen-bond donors (Lipinski definition) is 3. The molecular formula is C15H17N3O3. The summed E-state index contributed by atoms with van der Waals surface area (Å²) in [6, 6.07) is 7.34. The maximum absolute atomic E-state index is 9.99. The Labute approximate surface area is 122 Å². The number of aryl methyl sites for hydroxylation is 1. The van der Waals surface area contributed by atoms with Crippen LogP contribution in [0.5, 0.6) is 11.5 Å². The molecule has 2 aromatic rings. The number of benzene rings is 1. The van der Waals surface area contributed by atoms with Crippen molar-refractivity contribution in [2.24, 2.45) is 5.10 Å². The van der Waals surface area contributed by atoms with E-state index in [9.17, 15) is 10.2 Å². The fourth-order valence-electron chi connectivity index (χ4n) is 1.83. The molecule has 0 atom stereocenters. The Kier molecular flexibility index (Phi) is 4.73. The number of para-hydroxylation sites is 2. The lowest BCUT2D eigenvalue weighted by Gasteiger charge is -2.08. The molecule has 0 radical (unpaired) electrons. The molecule has 1 aromatic heterocycles. The highest BCUT2D eigenvalue weighted by Gasteiger charge is 2.09. The van der Waals surface area contributed by atoms with E-state index in [0.29, 0.717) is 28.3 Å². The predicted molar refractivity (Wildman–Crippen MR) is 80.8 cm³/mol. The van der Waals surface area contributed by atoms with E-state index >= 15 is 0 Å². The molecule has 1 heterocycles. The summed E-state index contributed by atoms with van der Waals surface area (Å²) >= 11 is 0. The molecule has 0 aliphatic rings. The smallest absolute Gasteiger partial charge is 0.145 e. The third kappa shape index (κ3) is 3.29. The van der Waals surface area contributed by atoms with E-state index in [1.807, 2.05) is 24.3 Å². The summed E-state index contributed by atoms with van der Waals surface area (Å²) in [5.41, 5.74) is 4.96. The van der Waals surface area contributed by atoms with Gasteiger partial charge in [-0.15, -0.1) is 0 Å². The number of ether oxygens (including phenoxy) is 1. The van der Waals surface area contributed by atoms with Crippen molar-refractivity contribution >= 4 is 11.9 Å². The SMILES string of the molecule is COc1ccccc1N/N=C\c1c(CO)cnc(C)c1O. The number of nitrogens with zero attached hydrogens (tertiary/aromatic N) is 2. The van der Waals surface area contributed by atoms with Gasteiger partial charge in [0.25, 0.3) is 0 Å². The largest absolute Gasteiger partial charge is 0.505 e. The van der Waals surface area contributed by atoms with Crippen LogP contribution in [-0.2, 0) is 6.61 Å². The standard InChI is InChI=1S/C15H17N3O3/c1-10-15(20)12(11(9-19)7-16-10)8-17-18-13-5-3-4-6-14(13)21-2/h3-8,18-20H,9H2,1-2H3/b17-8-. The summed E-state index contributed by atoms with van der Waals surface area (Å²) < 4.78 is 5.20. The molecule has 2 rings (SSSR count). The summed E-state index contributed by atoms with van der Waals surface area (Å²) in [6.45, 7) is 1.46. The molecule has 0 saturated heterocycles. The molecule has 1 aromatic carbocycles. The zero-order valence-electron chi connectivity index (χ0n) is 11.9. The summed E-state index contributed by atoms with van der Waals surface area (Å²) in [7, 11) is 1.58. The van der Waals surface area contributed by atoms with E-state index in [1.165, 1.54) is 12.4 Å². The highest BCUT2D eigenvalue weighted by molar-refractivity contribution is 5.86. The molecule has 0 saturated carbocycles. The highest BCUT2D eigenvalue weighted by Crippen LogP contribution is 2.24. The van der Waals surface area contributed by atoms with Gasteiger partial charge in [0.15, 0.2) is 0 Å². The lowest BCUT2D eigenvalue weighted by molar-refractivity contribution is 0.280. The van der Waals surface area contributed by atoms with E-state index in [-0.39, 0.29) is 12.4 Å². The van der Waals surface area contributed by atoms with E-state index in [0.717, 1.165) is 0 Å². The van der Waals surface area contributed by atoms with Crippen LogP contribution < -0.4 is 10.2 Å². The van der Waals surface area contributed by atoms with Gasteiger partial charge in [0, 0.05) is 17.3 Å². The zero-order chi connectivity index (χ0) is 15.2. The van der Waals surface area contributed by atoms with Crippen molar-refractivity contribution in [3.63, 3.8) is 0 Å². The van der Waals surface area contributed by atoms with Crippen LogP contribution in [0.15, 0.2) is 35.6 Å². The first kappa shape index (κ1) is 14.8. The second-order valence-corrected chi connectivity index (χ2v) is 4.36. The highest BCUT2D eigenvalue weighted by atomic mass is 16.5. The Morgan fingerprint density at radius 2 is 2.14 bits per heavy atom. The van der Waals surface area contributed by atoms with Gasteiger partial charge >= 0.3 is 0 Å². The van der Waals surface area contributed by atoms with Crippen LogP contribution in [0.1, 0.15) is 16.8 Å². The molecule has 0 aliphatic carbocycles. The van der Waals surface area contributed by atoms with Crippen LogP contribution in [0.4, 0.5) is 5.69 Å². The lowest BCUT2D eigenvalue weighted by Crippen LogP contribution is -2.00. The van der Waals surface area contributed by atoms with Crippen LogP contribution in [0.25, 0.3) is 0 Å². The van der Waals surface area contributed by atoms with Gasteiger partial charge in [-0.2, -0.15) is 5.10 Å². The second-order valence-electron chi connectivity index (χ2n) is 4.36. The minimum atomic E-state index is -0.225. The number of aliphatic hydroxyl groups excluding tert-OH is 1. The minimum Gasteiger partial charge on any atom is -0.505 e. The van der Waals surface area contributed by atoms with Gasteiger partial charge in [-0.25, -0.2) is 0 Å². The number of aromatic nitrogens is 1. The van der Waals surface area contributed by atoms with Crippen molar-refractivity contribution in [3.05, 3.63) is 47.3 Å². The van der Waals surface area contributed by atoms with Crippen molar-refractivity contribution in [3.8, 4) is 11.5 Å². The number of methoxy groups -OCH3 is 1. The molecular weight excluding hydrogens is 270 g/mol. The zero-order valence-corrected chi connectivity index (χ0v) is 11.9. The predicted octanol–water partition coefficient (Wildman–Crippen LogP) is 2.04. The number of anilines is 1. The van der Waals surface area contributed by atoms with Crippen LogP contribution in [-0.4, -0.2) is 28.5 Å². The quantitative estimate of drug-likeness (QED) is 0.578. The maximum atomic E-state index is 9.99. The monoisotopic (exact) mass is 287 g/mol. The van der Waals surface area contributed by atoms with Crippen molar-refractivity contribution in [1.29, 1.82) is 0 Å². The van der Waals surface area contributed by atoms with Crippen molar-refractivity contribution < 1.29 is 14.9 Å². The van der Waals surface area contributed by atoms with Crippen LogP contribution in [0.3, 0.4) is 0 Å². The van der Waals surface area contributed by atoms with Crippen LogP contribution in [0.2, 0.25) is 0 Å². The third-order valence-electron chi connectivity index (χ3n) is 3.01. The number of hydrazone groups is 1. The van der Waals surface area contributed by atoms with Gasteiger partial charge in [0.2, 0.25) is 0 Å². The van der Waals surface area contributed by atoms with Crippen molar-refractivity contribution in [1.82, 2.24) is 4.98 Å². The number of pyridine rings is 1. The molecule has 6 heteroatoms. The molecule has 110 valence electrons. The molecule has 6 nitrogen and oxygen atoms in total. The Bertz CT molecular complexity index is 657. The molecule has 0 aliphatic heterocycles. The minimum absolute atomic E-state index is 0.00660. The van der Waals surface area contributed by atoms with E-state index in [1.54, 1.807) is 14.0 Å². The topological polar surface area (TPSA) is 87.0 Å². The molecule has 0 spiro atoms. The number of aromatic hydroxyl groups is 1. The Morgan fingerprint density at radius 3 is 2.86 bits per heavy atom. The normalized spacial score (nSPS) is 10.8. The maximum Gasteiger partial charge on any atom is 0.145 e. The molecule has 0 amide bonds. The van der Waals surface area contributed by atoms with Gasteiger partial charge in [-0.1, -0.05) is 12.1 Å². The Balaban J connectivity index is 2.24. The lowest BCUT2D eigenvalue weighted by atomic mass is 10.1. The molecule has 0 bridgehead atoms. The fraction of sp³-hybridized carbons (Fsp3) is 0.200. The fourth-order valence-corrected chi connectivity index (χ4v) is 1.83. The van der Waals surface area contributed by atoms with Crippen molar-refractivity contribution in [2.75, 3.05) is 12.5 Å². The van der Waals surface area contributed by atoms with Gasteiger partial charge in [-0.05, 0) is 19.1 Å². The molecule has 0 unspecified atom stereocenters. The first-order valence-corrected chi connectivity index (χ1v) is 6.37. The Morgan fingerprint density at radius 1 is 1.38 bits per heavy atom. The first-order chi connectivity index (χ1) is 10.2. The molecule has 21 heavy (non-hydrogen) atoms. The average molecular weight is 287 g/mol. The van der Waals surface area contributed by atoms with E-state index < -0.39 is 0 Å². The number of aliphatic hydroxyl groups is 1. The summed E-state index contributed by atoms with van der Waals surface area (Å²) in [5, 5.41) is 23.3. The first-order valence-electron chi connectivity index (χ1n) is 6.37. The van der Waals surface area contributed by atoms with Gasteiger partial charge in [0.1, 0.15) is 11.5 Å². The Hall–Kier alpha value is -2.60. The molecule has 0 fully saturated rings. The number of rotatable bonds is 5. The average Bonchev–Trinajstić information content (AvgIpc) is 2.52. The third-order valence-corrected chi connectivity index (χ3v) is 3.01. The van der Waals surface area contributed by atoms with Crippen molar-refractivity contribution in [2.45, 2.75) is 13.5 Å². The van der Waals surface area contributed by atoms with Gasteiger partial charge < -0.3 is 14.9 Å². The van der Waals surface area contributed by atoms with Gasteiger partial charge in [0.05, 0.1) is 31.3 Å². The van der Waals surface area contributed by atoms with Gasteiger partial charge in [-0.3, -0.25) is 10.4 Å². The second kappa shape index (κ2) is 6.71. The van der Waals surface area contributed by atoms with Crippen LogP contribution >= 0.6 is 0 Å². The summed E-state index contributed by atoms with van der Waals surface area (Å²) in [4.78, 5) is 3.99. The van der Waals surface area contributed by atoms with E-state index in [2.05, 4.69) is 15.5 Å². The number of nitrogens with one attached hydrogen (secondary N) is 1. The summed E-state index contributed by atoms with van der Waals surface area (Å²) in [5.74, 6) is 0.666. The van der Waals surface area contributed by atoms with E-state index in [4.69, 9.17) is 4.74 Å². The summed E-state index contributed by atoms with van der Waals surface area (Å²) in [6.07, 6.45) is 2.96. The number of hydrogen-bond acceptors (Lipinski definition) is 6.